The van der Waals surface area contributed by atoms with Crippen molar-refractivity contribution >= 4 is 5.97 Å². The molecule has 122 valence electrons. The lowest BCUT2D eigenvalue weighted by atomic mass is 10.1. The van der Waals surface area contributed by atoms with Gasteiger partial charge in [-0.2, -0.15) is 0 Å². The largest absolute Gasteiger partial charge is 0.457 e. The van der Waals surface area contributed by atoms with E-state index in [1.807, 2.05) is 6.07 Å². The van der Waals surface area contributed by atoms with Crippen molar-refractivity contribution in [2.24, 2.45) is 0 Å². The fourth-order valence-corrected chi connectivity index (χ4v) is 2.38. The number of esters is 1. The molecule has 0 bridgehead atoms. The van der Waals surface area contributed by atoms with Crippen molar-refractivity contribution in [1.29, 1.82) is 0 Å². The first-order chi connectivity index (χ1) is 11.5. The highest BCUT2D eigenvalue weighted by molar-refractivity contribution is 5.90. The predicted molar refractivity (Wildman–Crippen MR) is 87.0 cm³/mol. The second-order valence-corrected chi connectivity index (χ2v) is 5.41. The standard InChI is InChI=1S/C17H16N4O3/c1-11-7-12(2)20-16(22)15(11)17(23)24-9-13-3-4-14(19-8-13)21-6-5-18-10-21/h3-8,10H,9H2,1-2H3,(H,20,22). The van der Waals surface area contributed by atoms with Gasteiger partial charge >= 0.3 is 5.97 Å². The zero-order valence-corrected chi connectivity index (χ0v) is 13.3. The molecular formula is C17H16N4O3. The molecule has 7 heteroatoms. The maximum atomic E-state index is 12.1. The number of nitrogens with one attached hydrogen (secondary N) is 1. The van der Waals surface area contributed by atoms with Gasteiger partial charge in [0.2, 0.25) is 0 Å². The van der Waals surface area contributed by atoms with E-state index < -0.39 is 11.5 Å². The molecule has 3 heterocycles. The normalized spacial score (nSPS) is 10.6. The van der Waals surface area contributed by atoms with Gasteiger partial charge in [0.05, 0.1) is 0 Å². The van der Waals surface area contributed by atoms with E-state index in [9.17, 15) is 9.59 Å². The molecule has 0 unspecified atom stereocenters. The van der Waals surface area contributed by atoms with E-state index in [0.717, 1.165) is 5.56 Å². The van der Waals surface area contributed by atoms with Crippen LogP contribution in [-0.2, 0) is 11.3 Å². The average Bonchev–Trinajstić information content (AvgIpc) is 3.07. The minimum atomic E-state index is -0.646. The summed E-state index contributed by atoms with van der Waals surface area (Å²) in [6.45, 7) is 3.51. The van der Waals surface area contributed by atoms with E-state index in [-0.39, 0.29) is 12.2 Å². The van der Waals surface area contributed by atoms with Crippen molar-refractivity contribution in [3.8, 4) is 5.82 Å². The number of H-pyrrole nitrogens is 1. The summed E-state index contributed by atoms with van der Waals surface area (Å²) in [5, 5.41) is 0. The maximum absolute atomic E-state index is 12.1. The molecule has 0 radical (unpaired) electrons. The minimum absolute atomic E-state index is 0.0311. The number of ether oxygens (including phenoxy) is 1. The van der Waals surface area contributed by atoms with Gasteiger partial charge in [0.25, 0.3) is 5.56 Å². The van der Waals surface area contributed by atoms with E-state index in [2.05, 4.69) is 15.0 Å². The Morgan fingerprint density at radius 2 is 2.17 bits per heavy atom. The first-order valence-corrected chi connectivity index (χ1v) is 7.35. The molecule has 3 aromatic heterocycles. The van der Waals surface area contributed by atoms with Gasteiger partial charge in [-0.3, -0.25) is 9.36 Å². The highest BCUT2D eigenvalue weighted by Crippen LogP contribution is 2.09. The van der Waals surface area contributed by atoms with Gasteiger partial charge in [-0.05, 0) is 31.5 Å². The summed E-state index contributed by atoms with van der Waals surface area (Å²) in [7, 11) is 0. The van der Waals surface area contributed by atoms with Crippen molar-refractivity contribution in [3.63, 3.8) is 0 Å². The number of hydrogen-bond acceptors (Lipinski definition) is 5. The quantitative estimate of drug-likeness (QED) is 0.741. The number of hydrogen-bond donors (Lipinski definition) is 1. The fourth-order valence-electron chi connectivity index (χ4n) is 2.38. The molecular weight excluding hydrogens is 308 g/mol. The summed E-state index contributed by atoms with van der Waals surface area (Å²) in [5.74, 6) is 0.0702. The van der Waals surface area contributed by atoms with Crippen LogP contribution in [0.2, 0.25) is 0 Å². The molecule has 0 fully saturated rings. The van der Waals surface area contributed by atoms with Gasteiger partial charge in [0.1, 0.15) is 24.3 Å². The van der Waals surface area contributed by atoms with E-state index in [0.29, 0.717) is 17.1 Å². The van der Waals surface area contributed by atoms with Crippen LogP contribution in [0.3, 0.4) is 0 Å². The number of aromatic amines is 1. The lowest BCUT2D eigenvalue weighted by Gasteiger charge is -2.08. The third-order valence-electron chi connectivity index (χ3n) is 3.52. The van der Waals surface area contributed by atoms with Gasteiger partial charge in [-0.15, -0.1) is 0 Å². The molecule has 0 aliphatic rings. The lowest BCUT2D eigenvalue weighted by molar-refractivity contribution is 0.0469. The highest BCUT2D eigenvalue weighted by Gasteiger charge is 2.16. The number of aryl methyl sites for hydroxylation is 2. The van der Waals surface area contributed by atoms with E-state index >= 15 is 0 Å². The van der Waals surface area contributed by atoms with Crippen LogP contribution >= 0.6 is 0 Å². The Morgan fingerprint density at radius 3 is 2.79 bits per heavy atom. The van der Waals surface area contributed by atoms with Crippen molar-refractivity contribution in [2.75, 3.05) is 0 Å². The summed E-state index contributed by atoms with van der Waals surface area (Å²) >= 11 is 0. The molecule has 0 aliphatic carbocycles. The SMILES string of the molecule is Cc1cc(C)c(C(=O)OCc2ccc(-n3ccnc3)nc2)c(=O)[nH]1. The molecule has 0 atom stereocenters. The van der Waals surface area contributed by atoms with Gasteiger partial charge < -0.3 is 9.72 Å². The maximum Gasteiger partial charge on any atom is 0.344 e. The molecule has 0 spiro atoms. The Hall–Kier alpha value is -3.22. The molecule has 0 amide bonds. The molecule has 7 nitrogen and oxygen atoms in total. The lowest BCUT2D eigenvalue weighted by Crippen LogP contribution is -2.22. The molecule has 1 N–H and O–H groups in total. The van der Waals surface area contributed by atoms with Crippen LogP contribution in [0, 0.1) is 13.8 Å². The summed E-state index contributed by atoms with van der Waals surface area (Å²) in [4.78, 5) is 34.9. The second-order valence-electron chi connectivity index (χ2n) is 5.41. The van der Waals surface area contributed by atoms with Crippen LogP contribution in [0.5, 0.6) is 0 Å². The number of rotatable bonds is 4. The van der Waals surface area contributed by atoms with Crippen molar-refractivity contribution in [2.45, 2.75) is 20.5 Å². The number of carbonyl (C=O) groups excluding carboxylic acids is 1. The van der Waals surface area contributed by atoms with Gasteiger partial charge in [0, 0.05) is 29.8 Å². The smallest absolute Gasteiger partial charge is 0.344 e. The monoisotopic (exact) mass is 324 g/mol. The third kappa shape index (κ3) is 3.24. The first-order valence-electron chi connectivity index (χ1n) is 7.35. The van der Waals surface area contributed by atoms with Crippen LogP contribution in [0.1, 0.15) is 27.2 Å². The molecule has 3 rings (SSSR count). The summed E-state index contributed by atoms with van der Waals surface area (Å²) in [6.07, 6.45) is 6.72. The van der Waals surface area contributed by atoms with Crippen molar-refractivity contribution < 1.29 is 9.53 Å². The number of carbonyl (C=O) groups is 1. The van der Waals surface area contributed by atoms with Gasteiger partial charge in [0.15, 0.2) is 0 Å². The van der Waals surface area contributed by atoms with Crippen LogP contribution in [0.15, 0.2) is 47.9 Å². The summed E-state index contributed by atoms with van der Waals surface area (Å²) in [5.41, 5.74) is 1.62. The first kappa shape index (κ1) is 15.7. The molecule has 3 aromatic rings. The summed E-state index contributed by atoms with van der Waals surface area (Å²) < 4.78 is 7.00. The fraction of sp³-hybridized carbons (Fsp3) is 0.176. The van der Waals surface area contributed by atoms with Crippen molar-refractivity contribution in [3.05, 3.63) is 75.9 Å². The topological polar surface area (TPSA) is 89.9 Å². The zero-order valence-electron chi connectivity index (χ0n) is 13.3. The van der Waals surface area contributed by atoms with E-state index in [1.165, 1.54) is 0 Å². The number of nitrogens with zero attached hydrogens (tertiary/aromatic N) is 3. The Bertz CT molecular complexity index is 912. The Morgan fingerprint density at radius 1 is 1.33 bits per heavy atom. The molecule has 0 saturated carbocycles. The van der Waals surface area contributed by atoms with Crippen LogP contribution < -0.4 is 5.56 Å². The van der Waals surface area contributed by atoms with Gasteiger partial charge in [-0.1, -0.05) is 6.07 Å². The second kappa shape index (κ2) is 6.49. The molecule has 24 heavy (non-hydrogen) atoms. The average molecular weight is 324 g/mol. The molecule has 0 aliphatic heterocycles. The van der Waals surface area contributed by atoms with Crippen molar-refractivity contribution in [1.82, 2.24) is 19.5 Å². The van der Waals surface area contributed by atoms with E-state index in [4.69, 9.17) is 4.74 Å². The minimum Gasteiger partial charge on any atom is -0.457 e. The Balaban J connectivity index is 1.70. The van der Waals surface area contributed by atoms with Crippen LogP contribution in [-0.4, -0.2) is 25.5 Å². The van der Waals surface area contributed by atoms with Crippen LogP contribution in [0.4, 0.5) is 0 Å². The number of aromatic nitrogens is 4. The third-order valence-corrected chi connectivity index (χ3v) is 3.52. The van der Waals surface area contributed by atoms with Gasteiger partial charge in [-0.25, -0.2) is 14.8 Å². The number of imidazole rings is 1. The highest BCUT2D eigenvalue weighted by atomic mass is 16.5. The summed E-state index contributed by atoms with van der Waals surface area (Å²) in [6, 6.07) is 5.34. The number of pyridine rings is 2. The Kier molecular flexibility index (Phi) is 4.24. The van der Waals surface area contributed by atoms with Crippen LogP contribution in [0.25, 0.3) is 5.82 Å². The zero-order chi connectivity index (χ0) is 17.1. The molecule has 0 saturated heterocycles. The Labute approximate surface area is 138 Å². The molecule has 0 aromatic carbocycles. The van der Waals surface area contributed by atoms with E-state index in [1.54, 1.807) is 55.5 Å². The predicted octanol–water partition coefficient (Wildman–Crippen LogP) is 1.93.